The van der Waals surface area contributed by atoms with Gasteiger partial charge < -0.3 is 14.6 Å². The molecule has 1 atom stereocenters. The minimum atomic E-state index is 0.164. The Kier molecular flexibility index (Phi) is 3.63. The van der Waals surface area contributed by atoms with Crippen LogP contribution in [0.3, 0.4) is 0 Å². The van der Waals surface area contributed by atoms with E-state index in [4.69, 9.17) is 4.74 Å². The molecule has 1 N–H and O–H groups in total. The third-order valence-electron chi connectivity index (χ3n) is 4.33. The molecule has 1 saturated heterocycles. The van der Waals surface area contributed by atoms with Crippen molar-refractivity contribution in [3.05, 3.63) is 42.4 Å². The smallest absolute Gasteiger partial charge is 0.143 e. The maximum absolute atomic E-state index is 9.42. The van der Waals surface area contributed by atoms with Crippen molar-refractivity contribution in [2.24, 2.45) is 0 Å². The maximum atomic E-state index is 9.42. The van der Waals surface area contributed by atoms with E-state index in [1.54, 1.807) is 6.33 Å². The Morgan fingerprint density at radius 3 is 3.00 bits per heavy atom. The van der Waals surface area contributed by atoms with Crippen LogP contribution in [0.15, 0.2) is 36.8 Å². The van der Waals surface area contributed by atoms with Gasteiger partial charge in [-0.15, -0.1) is 0 Å². The fraction of sp³-hybridized carbons (Fsp3) is 0.278. The Morgan fingerprint density at radius 2 is 2.17 bits per heavy atom. The van der Waals surface area contributed by atoms with E-state index in [-0.39, 0.29) is 6.10 Å². The minimum Gasteiger partial charge on any atom is -0.375 e. The van der Waals surface area contributed by atoms with Crippen molar-refractivity contribution >= 4 is 16.9 Å². The Bertz CT molecular complexity index is 927. The highest BCUT2D eigenvalue weighted by Gasteiger charge is 2.23. The molecule has 1 aliphatic rings. The molecule has 120 valence electrons. The molecule has 0 aliphatic carbocycles. The molecule has 3 aromatic rings. The van der Waals surface area contributed by atoms with Crippen LogP contribution in [-0.2, 0) is 4.74 Å². The number of aromatic amines is 1. The van der Waals surface area contributed by atoms with Gasteiger partial charge >= 0.3 is 0 Å². The highest BCUT2D eigenvalue weighted by molar-refractivity contribution is 6.02. The molecule has 2 aromatic heterocycles. The van der Waals surface area contributed by atoms with E-state index in [9.17, 15) is 5.26 Å². The van der Waals surface area contributed by atoms with Crippen LogP contribution >= 0.6 is 0 Å². The zero-order valence-corrected chi connectivity index (χ0v) is 13.4. The van der Waals surface area contributed by atoms with Gasteiger partial charge in [-0.1, -0.05) is 18.2 Å². The van der Waals surface area contributed by atoms with Gasteiger partial charge in [-0.05, 0) is 13.0 Å². The first-order chi connectivity index (χ1) is 11.8. The van der Waals surface area contributed by atoms with Crippen molar-refractivity contribution in [3.8, 4) is 17.2 Å². The van der Waals surface area contributed by atoms with Crippen LogP contribution < -0.4 is 4.90 Å². The average molecular weight is 319 g/mol. The van der Waals surface area contributed by atoms with Gasteiger partial charge in [-0.25, -0.2) is 9.97 Å². The summed E-state index contributed by atoms with van der Waals surface area (Å²) in [5, 5.41) is 10.4. The summed E-state index contributed by atoms with van der Waals surface area (Å²) in [6.07, 6.45) is 3.65. The third kappa shape index (κ3) is 2.39. The number of fused-ring (bicyclic) bond motifs is 1. The van der Waals surface area contributed by atoms with Crippen LogP contribution in [0.5, 0.6) is 0 Å². The Balaban J connectivity index is 1.91. The molecule has 1 aromatic carbocycles. The minimum absolute atomic E-state index is 0.164. The zero-order valence-electron chi connectivity index (χ0n) is 13.4. The van der Waals surface area contributed by atoms with Gasteiger partial charge in [0.25, 0.3) is 0 Å². The van der Waals surface area contributed by atoms with Gasteiger partial charge in [-0.2, -0.15) is 5.26 Å². The van der Waals surface area contributed by atoms with Crippen LogP contribution in [0.25, 0.3) is 22.2 Å². The first-order valence-corrected chi connectivity index (χ1v) is 7.96. The molecule has 0 amide bonds. The van der Waals surface area contributed by atoms with E-state index < -0.39 is 0 Å². The van der Waals surface area contributed by atoms with Crippen LogP contribution in [0.2, 0.25) is 0 Å². The number of nitriles is 1. The van der Waals surface area contributed by atoms with Gasteiger partial charge in [0.2, 0.25) is 0 Å². The van der Waals surface area contributed by atoms with Gasteiger partial charge in [-0.3, -0.25) is 0 Å². The fourth-order valence-corrected chi connectivity index (χ4v) is 3.22. The van der Waals surface area contributed by atoms with Crippen LogP contribution in [0.4, 0.5) is 5.82 Å². The summed E-state index contributed by atoms with van der Waals surface area (Å²) >= 11 is 0. The molecule has 0 radical (unpaired) electrons. The van der Waals surface area contributed by atoms with Gasteiger partial charge in [0.15, 0.2) is 0 Å². The third-order valence-corrected chi connectivity index (χ3v) is 4.33. The monoisotopic (exact) mass is 319 g/mol. The summed E-state index contributed by atoms with van der Waals surface area (Å²) in [5.41, 5.74) is 3.27. The zero-order chi connectivity index (χ0) is 16.5. The second-order valence-electron chi connectivity index (χ2n) is 5.91. The molecule has 4 rings (SSSR count). The van der Waals surface area contributed by atoms with Crippen LogP contribution in [0.1, 0.15) is 12.5 Å². The summed E-state index contributed by atoms with van der Waals surface area (Å²) in [6.45, 7) is 4.33. The number of morpholine rings is 1. The highest BCUT2D eigenvalue weighted by atomic mass is 16.5. The van der Waals surface area contributed by atoms with Crippen molar-refractivity contribution in [2.45, 2.75) is 13.0 Å². The van der Waals surface area contributed by atoms with E-state index in [0.29, 0.717) is 12.2 Å². The molecule has 6 heteroatoms. The molecule has 24 heavy (non-hydrogen) atoms. The second kappa shape index (κ2) is 5.95. The highest BCUT2D eigenvalue weighted by Crippen LogP contribution is 2.35. The Labute approximate surface area is 139 Å². The number of anilines is 1. The Morgan fingerprint density at radius 1 is 1.29 bits per heavy atom. The van der Waals surface area contributed by atoms with Crippen molar-refractivity contribution in [2.75, 3.05) is 24.6 Å². The van der Waals surface area contributed by atoms with E-state index in [1.165, 1.54) is 0 Å². The molecular formula is C18H17N5O. The van der Waals surface area contributed by atoms with Gasteiger partial charge in [0.05, 0.1) is 29.7 Å². The largest absolute Gasteiger partial charge is 0.375 e. The molecule has 0 saturated carbocycles. The summed E-state index contributed by atoms with van der Waals surface area (Å²) < 4.78 is 5.64. The van der Waals surface area contributed by atoms with E-state index in [0.717, 1.165) is 41.1 Å². The molecule has 1 fully saturated rings. The van der Waals surface area contributed by atoms with Gasteiger partial charge in [0, 0.05) is 30.4 Å². The first kappa shape index (κ1) is 14.7. The summed E-state index contributed by atoms with van der Waals surface area (Å²) in [5.74, 6) is 0.888. The lowest BCUT2D eigenvalue weighted by Crippen LogP contribution is -2.41. The number of aromatic nitrogens is 3. The van der Waals surface area contributed by atoms with Crippen molar-refractivity contribution in [1.29, 1.82) is 5.26 Å². The van der Waals surface area contributed by atoms with E-state index in [2.05, 4.69) is 32.8 Å². The maximum Gasteiger partial charge on any atom is 0.143 e. The van der Waals surface area contributed by atoms with Crippen molar-refractivity contribution in [3.63, 3.8) is 0 Å². The number of benzene rings is 1. The number of nitrogens with one attached hydrogen (secondary N) is 1. The number of rotatable bonds is 2. The lowest BCUT2D eigenvalue weighted by atomic mass is 10.0. The number of H-pyrrole nitrogens is 1. The van der Waals surface area contributed by atoms with E-state index in [1.807, 2.05) is 30.5 Å². The number of nitrogens with zero attached hydrogens (tertiary/aromatic N) is 4. The summed E-state index contributed by atoms with van der Waals surface area (Å²) in [7, 11) is 0. The predicted octanol–water partition coefficient (Wildman–Crippen LogP) is 2.72. The Hall–Kier alpha value is -2.91. The van der Waals surface area contributed by atoms with Crippen molar-refractivity contribution in [1.82, 2.24) is 15.0 Å². The first-order valence-electron chi connectivity index (χ1n) is 7.96. The number of hydrogen-bond acceptors (Lipinski definition) is 5. The summed E-state index contributed by atoms with van der Waals surface area (Å²) in [6, 6.07) is 9.87. The van der Waals surface area contributed by atoms with Crippen LogP contribution in [-0.4, -0.2) is 40.8 Å². The number of hydrogen-bond donors (Lipinski definition) is 1. The fourth-order valence-electron chi connectivity index (χ4n) is 3.22. The standard InChI is InChI=1S/C18H17N5O/c1-12-10-23(6-7-24-12)18-16-15(9-20-17(16)21-11-22-18)14-5-3-2-4-13(14)8-19/h2-5,9,11-12H,6-7,10H2,1H3,(H,20,21,22)/t12-/m0/s1. The molecule has 0 bridgehead atoms. The lowest BCUT2D eigenvalue weighted by Gasteiger charge is -2.32. The SMILES string of the molecule is C[C@H]1CN(c2ncnc3[nH]cc(-c4ccccc4C#N)c23)CCO1. The average Bonchev–Trinajstić information content (AvgIpc) is 3.05. The normalized spacial score (nSPS) is 17.8. The topological polar surface area (TPSA) is 77.8 Å². The van der Waals surface area contributed by atoms with Crippen molar-refractivity contribution < 1.29 is 4.74 Å². The summed E-state index contributed by atoms with van der Waals surface area (Å²) in [4.78, 5) is 14.3. The quantitative estimate of drug-likeness (QED) is 0.786. The molecule has 0 unspecified atom stereocenters. The molecule has 1 aliphatic heterocycles. The van der Waals surface area contributed by atoms with E-state index >= 15 is 0 Å². The van der Waals surface area contributed by atoms with Gasteiger partial charge in [0.1, 0.15) is 17.8 Å². The molecule has 0 spiro atoms. The number of ether oxygens (including phenoxy) is 1. The predicted molar refractivity (Wildman–Crippen MR) is 91.7 cm³/mol. The molecule has 6 nitrogen and oxygen atoms in total. The molecular weight excluding hydrogens is 302 g/mol. The molecule has 3 heterocycles. The lowest BCUT2D eigenvalue weighted by molar-refractivity contribution is 0.0530. The second-order valence-corrected chi connectivity index (χ2v) is 5.91. The van der Waals surface area contributed by atoms with Crippen LogP contribution in [0, 0.1) is 11.3 Å².